The van der Waals surface area contributed by atoms with E-state index in [9.17, 15) is 29.3 Å². The van der Waals surface area contributed by atoms with E-state index in [1.807, 2.05) is 0 Å². The van der Waals surface area contributed by atoms with Gasteiger partial charge in [-0.05, 0) is 60.7 Å². The van der Waals surface area contributed by atoms with E-state index in [2.05, 4.69) is 9.47 Å². The molecule has 0 aromatic heterocycles. The van der Waals surface area contributed by atoms with E-state index < -0.39 is 40.1 Å². The van der Waals surface area contributed by atoms with Gasteiger partial charge in [-0.2, -0.15) is 0 Å². The molecule has 3 aromatic rings. The van der Waals surface area contributed by atoms with Crippen molar-refractivity contribution in [2.24, 2.45) is 0 Å². The lowest BCUT2D eigenvalue weighted by Crippen LogP contribution is -2.14. The van der Waals surface area contributed by atoms with Crippen LogP contribution in [0.3, 0.4) is 0 Å². The van der Waals surface area contributed by atoms with Crippen LogP contribution in [0.25, 0.3) is 0 Å². The summed E-state index contributed by atoms with van der Waals surface area (Å²) in [5, 5.41) is 11.5. The van der Waals surface area contributed by atoms with Crippen molar-refractivity contribution in [3.8, 4) is 11.5 Å². The summed E-state index contributed by atoms with van der Waals surface area (Å²) in [7, 11) is 2.44. The molecule has 0 spiro atoms. The highest BCUT2D eigenvalue weighted by molar-refractivity contribution is 5.99. The topological polar surface area (TPSA) is 148 Å². The molecule has 0 atom stereocenters. The van der Waals surface area contributed by atoms with E-state index in [-0.39, 0.29) is 28.2 Å². The molecule has 0 bridgehead atoms. The average molecular weight is 479 g/mol. The van der Waals surface area contributed by atoms with Crippen molar-refractivity contribution in [3.63, 3.8) is 0 Å². The van der Waals surface area contributed by atoms with Gasteiger partial charge in [0.1, 0.15) is 17.1 Å². The monoisotopic (exact) mass is 479 g/mol. The highest BCUT2D eigenvalue weighted by Crippen LogP contribution is 2.24. The van der Waals surface area contributed by atoms with Gasteiger partial charge in [-0.1, -0.05) is 0 Å². The Labute approximate surface area is 197 Å². The maximum Gasteiger partial charge on any atom is 0.350 e. The number of hydrogen-bond donors (Lipinski definition) is 0. The predicted octanol–water partition coefficient (Wildman–Crippen LogP) is 3.61. The third-order valence-corrected chi connectivity index (χ3v) is 4.62. The van der Waals surface area contributed by atoms with Gasteiger partial charge in [0.2, 0.25) is 0 Å². The van der Waals surface area contributed by atoms with Crippen LogP contribution in [0.2, 0.25) is 0 Å². The molecule has 0 radical (unpaired) electrons. The summed E-state index contributed by atoms with van der Waals surface area (Å²) < 4.78 is 19.5. The molecule has 0 aliphatic heterocycles. The fraction of sp³-hybridized carbons (Fsp3) is 0.0833. The number of benzene rings is 3. The zero-order valence-corrected chi connectivity index (χ0v) is 18.4. The molecule has 0 heterocycles. The summed E-state index contributed by atoms with van der Waals surface area (Å²) in [4.78, 5) is 58.7. The Balaban J connectivity index is 1.77. The van der Waals surface area contributed by atoms with E-state index in [0.29, 0.717) is 0 Å². The predicted molar refractivity (Wildman–Crippen MR) is 119 cm³/mol. The summed E-state index contributed by atoms with van der Waals surface area (Å²) in [6, 6.07) is 14.0. The number of rotatable bonds is 7. The minimum atomic E-state index is -1.04. The summed E-state index contributed by atoms with van der Waals surface area (Å²) in [6.45, 7) is 0. The first kappa shape index (κ1) is 24.6. The van der Waals surface area contributed by atoms with Crippen LogP contribution in [0.4, 0.5) is 5.69 Å². The Bertz CT molecular complexity index is 1300. The SMILES string of the molecule is COC(=O)c1ccc(OC(=O)c2ccc(C(=O)Oc3ccc(C(=O)OC)cc3)c([N+](=O)[O-])c2)cc1. The minimum Gasteiger partial charge on any atom is -0.465 e. The number of carbonyl (C=O) groups is 4. The van der Waals surface area contributed by atoms with Gasteiger partial charge in [-0.3, -0.25) is 10.1 Å². The second-order valence-corrected chi connectivity index (χ2v) is 6.80. The molecule has 11 heteroatoms. The fourth-order valence-corrected chi connectivity index (χ4v) is 2.86. The summed E-state index contributed by atoms with van der Waals surface area (Å²) in [6.07, 6.45) is 0. The van der Waals surface area contributed by atoms with Crippen LogP contribution in [0.1, 0.15) is 41.4 Å². The second kappa shape index (κ2) is 10.7. The van der Waals surface area contributed by atoms with E-state index in [4.69, 9.17) is 9.47 Å². The number of esters is 4. The summed E-state index contributed by atoms with van der Waals surface area (Å²) in [5.74, 6) is -2.99. The summed E-state index contributed by atoms with van der Waals surface area (Å²) in [5.41, 5.74) is -0.790. The van der Waals surface area contributed by atoms with Crippen LogP contribution in [-0.4, -0.2) is 43.0 Å². The van der Waals surface area contributed by atoms with Crippen molar-refractivity contribution in [1.29, 1.82) is 0 Å². The number of methoxy groups -OCH3 is 2. The quantitative estimate of drug-likeness (QED) is 0.213. The molecule has 178 valence electrons. The molecule has 0 saturated carbocycles. The second-order valence-electron chi connectivity index (χ2n) is 6.80. The van der Waals surface area contributed by atoms with Crippen LogP contribution in [-0.2, 0) is 9.47 Å². The molecule has 3 aromatic carbocycles. The van der Waals surface area contributed by atoms with Crippen LogP contribution in [0.5, 0.6) is 11.5 Å². The molecule has 0 aliphatic rings. The van der Waals surface area contributed by atoms with Gasteiger partial charge in [0, 0.05) is 6.07 Å². The smallest absolute Gasteiger partial charge is 0.350 e. The molecular formula is C24H17NO10. The number of nitro benzene ring substituents is 1. The van der Waals surface area contributed by atoms with Crippen molar-refractivity contribution < 1.29 is 43.0 Å². The number of ether oxygens (including phenoxy) is 4. The van der Waals surface area contributed by atoms with Gasteiger partial charge in [0.25, 0.3) is 5.69 Å². The minimum absolute atomic E-state index is 0.0378. The highest BCUT2D eigenvalue weighted by atomic mass is 16.6. The standard InChI is InChI=1S/C24H17NO10/c1-32-21(26)14-3-8-17(9-4-14)34-23(28)16-7-12-19(20(13-16)25(30)31)24(29)35-18-10-5-15(6-11-18)22(27)33-2/h3-13H,1-2H3. The van der Waals surface area contributed by atoms with Crippen molar-refractivity contribution in [1.82, 2.24) is 0 Å². The molecule has 0 fully saturated rings. The highest BCUT2D eigenvalue weighted by Gasteiger charge is 2.25. The van der Waals surface area contributed by atoms with Crippen molar-refractivity contribution in [3.05, 3.63) is 99.1 Å². The molecule has 11 nitrogen and oxygen atoms in total. The molecule has 3 rings (SSSR count). The van der Waals surface area contributed by atoms with Crippen LogP contribution >= 0.6 is 0 Å². The zero-order valence-electron chi connectivity index (χ0n) is 18.4. The lowest BCUT2D eigenvalue weighted by molar-refractivity contribution is -0.385. The van der Waals surface area contributed by atoms with E-state index in [1.54, 1.807) is 0 Å². The molecule has 35 heavy (non-hydrogen) atoms. The molecule has 0 aliphatic carbocycles. The largest absolute Gasteiger partial charge is 0.465 e. The Hall–Kier alpha value is -5.06. The van der Waals surface area contributed by atoms with Crippen LogP contribution < -0.4 is 9.47 Å². The maximum atomic E-state index is 12.5. The number of carbonyl (C=O) groups excluding carboxylic acids is 4. The van der Waals surface area contributed by atoms with Gasteiger partial charge in [0.15, 0.2) is 0 Å². The van der Waals surface area contributed by atoms with Crippen LogP contribution in [0, 0.1) is 10.1 Å². The third kappa shape index (κ3) is 5.85. The molecular weight excluding hydrogens is 462 g/mol. The van der Waals surface area contributed by atoms with Gasteiger partial charge in [-0.25, -0.2) is 19.2 Å². The molecule has 0 saturated heterocycles. The van der Waals surface area contributed by atoms with Gasteiger partial charge in [-0.15, -0.1) is 0 Å². The maximum absolute atomic E-state index is 12.5. The van der Waals surface area contributed by atoms with E-state index in [0.717, 1.165) is 12.1 Å². The molecule has 0 amide bonds. The first-order valence-corrected chi connectivity index (χ1v) is 9.83. The van der Waals surface area contributed by atoms with E-state index in [1.165, 1.54) is 68.8 Å². The fourth-order valence-electron chi connectivity index (χ4n) is 2.86. The van der Waals surface area contributed by atoms with Crippen LogP contribution in [0.15, 0.2) is 66.7 Å². The zero-order chi connectivity index (χ0) is 25.5. The lowest BCUT2D eigenvalue weighted by atomic mass is 10.1. The van der Waals surface area contributed by atoms with Crippen molar-refractivity contribution in [2.45, 2.75) is 0 Å². The number of nitrogens with zero attached hydrogens (tertiary/aromatic N) is 1. The summed E-state index contributed by atoms with van der Waals surface area (Å²) >= 11 is 0. The Morgan fingerprint density at radius 2 is 1.06 bits per heavy atom. The average Bonchev–Trinajstić information content (AvgIpc) is 2.88. The number of hydrogen-bond acceptors (Lipinski definition) is 10. The Morgan fingerprint density at radius 1 is 0.629 bits per heavy atom. The van der Waals surface area contributed by atoms with E-state index >= 15 is 0 Å². The van der Waals surface area contributed by atoms with Gasteiger partial charge < -0.3 is 18.9 Å². The normalized spacial score (nSPS) is 10.1. The first-order valence-electron chi connectivity index (χ1n) is 9.83. The van der Waals surface area contributed by atoms with Gasteiger partial charge in [0.05, 0.1) is 35.8 Å². The third-order valence-electron chi connectivity index (χ3n) is 4.62. The van der Waals surface area contributed by atoms with Crippen molar-refractivity contribution >= 4 is 29.6 Å². The lowest BCUT2D eigenvalue weighted by Gasteiger charge is -2.08. The molecule has 0 unspecified atom stereocenters. The number of nitro groups is 1. The van der Waals surface area contributed by atoms with Gasteiger partial charge >= 0.3 is 23.9 Å². The first-order chi connectivity index (χ1) is 16.7. The van der Waals surface area contributed by atoms with Crippen molar-refractivity contribution in [2.75, 3.05) is 14.2 Å². The molecule has 0 N–H and O–H groups in total. The Kier molecular flexibility index (Phi) is 7.52. The Morgan fingerprint density at radius 3 is 1.49 bits per heavy atom.